The minimum Gasteiger partial charge on any atom is -0.361 e. The predicted octanol–water partition coefficient (Wildman–Crippen LogP) is 4.00. The third-order valence-electron chi connectivity index (χ3n) is 3.70. The number of aromatic amines is 1. The molecule has 3 rings (SSSR count). The van der Waals surface area contributed by atoms with Crippen molar-refractivity contribution in [2.24, 2.45) is 7.05 Å². The van der Waals surface area contributed by atoms with E-state index in [1.807, 2.05) is 36.0 Å². The first-order valence-corrected chi connectivity index (χ1v) is 8.50. The van der Waals surface area contributed by atoms with Crippen LogP contribution in [0, 0.1) is 0 Å². The van der Waals surface area contributed by atoms with Crippen LogP contribution in [0.3, 0.4) is 0 Å². The highest BCUT2D eigenvalue weighted by atomic mass is 79.9. The summed E-state index contributed by atoms with van der Waals surface area (Å²) < 4.78 is 3.54. The van der Waals surface area contributed by atoms with Crippen LogP contribution in [-0.2, 0) is 13.5 Å². The monoisotopic (exact) mass is 423 g/mol. The number of benzene rings is 1. The fraction of sp³-hybridized carbons (Fsp3) is 0.188. The topological polar surface area (TPSA) is 49.8 Å². The van der Waals surface area contributed by atoms with Gasteiger partial charge < -0.3 is 14.9 Å². The van der Waals surface area contributed by atoms with Gasteiger partial charge in [-0.25, -0.2) is 0 Å². The predicted molar refractivity (Wildman–Crippen MR) is 95.1 cm³/mol. The van der Waals surface area contributed by atoms with Crippen molar-refractivity contribution in [1.29, 1.82) is 0 Å². The number of hydrogen-bond donors (Lipinski definition) is 2. The van der Waals surface area contributed by atoms with Crippen LogP contribution in [0.15, 0.2) is 45.6 Å². The van der Waals surface area contributed by atoms with Crippen LogP contribution < -0.4 is 5.32 Å². The van der Waals surface area contributed by atoms with Gasteiger partial charge >= 0.3 is 0 Å². The molecule has 4 nitrogen and oxygen atoms in total. The Balaban J connectivity index is 1.65. The summed E-state index contributed by atoms with van der Waals surface area (Å²) >= 11 is 6.84. The highest BCUT2D eigenvalue weighted by Crippen LogP contribution is 2.26. The number of hydrogen-bond acceptors (Lipinski definition) is 1. The fourth-order valence-electron chi connectivity index (χ4n) is 2.50. The zero-order chi connectivity index (χ0) is 15.7. The molecule has 0 atom stereocenters. The van der Waals surface area contributed by atoms with E-state index in [1.165, 1.54) is 10.9 Å². The Morgan fingerprint density at radius 3 is 2.82 bits per heavy atom. The minimum absolute atomic E-state index is 0.0752. The Hall–Kier alpha value is -1.53. The van der Waals surface area contributed by atoms with Crippen molar-refractivity contribution >= 4 is 48.7 Å². The van der Waals surface area contributed by atoms with Crippen LogP contribution >= 0.6 is 31.9 Å². The quantitative estimate of drug-likeness (QED) is 0.653. The molecule has 114 valence electrons. The van der Waals surface area contributed by atoms with Gasteiger partial charge in [-0.3, -0.25) is 4.79 Å². The van der Waals surface area contributed by atoms with Crippen molar-refractivity contribution in [2.45, 2.75) is 6.42 Å². The van der Waals surface area contributed by atoms with Gasteiger partial charge in [-0.1, -0.05) is 18.2 Å². The third-order valence-corrected chi connectivity index (χ3v) is 5.80. The van der Waals surface area contributed by atoms with Gasteiger partial charge in [0.1, 0.15) is 5.69 Å². The maximum absolute atomic E-state index is 12.2. The number of halogens is 2. The molecule has 3 aromatic rings. The molecule has 22 heavy (non-hydrogen) atoms. The van der Waals surface area contributed by atoms with Gasteiger partial charge in [0.05, 0.1) is 9.08 Å². The number of carbonyl (C=O) groups is 1. The van der Waals surface area contributed by atoms with E-state index in [4.69, 9.17) is 0 Å². The van der Waals surface area contributed by atoms with Crippen molar-refractivity contribution < 1.29 is 4.79 Å². The molecule has 0 saturated carbocycles. The molecule has 2 aromatic heterocycles. The van der Waals surface area contributed by atoms with Crippen molar-refractivity contribution in [3.8, 4) is 0 Å². The normalized spacial score (nSPS) is 11.0. The Morgan fingerprint density at radius 1 is 1.32 bits per heavy atom. The standard InChI is InChI=1S/C16H15Br2N3O/c1-21-14(8-12(17)15(21)18)16(22)19-7-6-10-9-20-13-5-3-2-4-11(10)13/h2-5,8-9,20H,6-7H2,1H3,(H,19,22). The summed E-state index contributed by atoms with van der Waals surface area (Å²) in [4.78, 5) is 15.5. The molecular formula is C16H15Br2N3O. The summed E-state index contributed by atoms with van der Waals surface area (Å²) in [6.07, 6.45) is 2.80. The minimum atomic E-state index is -0.0752. The summed E-state index contributed by atoms with van der Waals surface area (Å²) in [6.45, 7) is 0.598. The lowest BCUT2D eigenvalue weighted by Gasteiger charge is -2.06. The van der Waals surface area contributed by atoms with Crippen LogP contribution in [0.4, 0.5) is 0 Å². The van der Waals surface area contributed by atoms with Crippen LogP contribution in [0.25, 0.3) is 10.9 Å². The molecule has 0 radical (unpaired) electrons. The second-order valence-corrected chi connectivity index (χ2v) is 6.70. The highest BCUT2D eigenvalue weighted by Gasteiger charge is 2.14. The van der Waals surface area contributed by atoms with Crippen LogP contribution in [0.1, 0.15) is 16.1 Å². The summed E-state index contributed by atoms with van der Waals surface area (Å²) in [7, 11) is 1.85. The van der Waals surface area contributed by atoms with E-state index in [9.17, 15) is 4.79 Å². The molecular weight excluding hydrogens is 410 g/mol. The van der Waals surface area contributed by atoms with Gasteiger partial charge in [0.15, 0.2) is 0 Å². The lowest BCUT2D eigenvalue weighted by atomic mass is 10.1. The summed E-state index contributed by atoms with van der Waals surface area (Å²) in [6, 6.07) is 9.99. The SMILES string of the molecule is Cn1c(C(=O)NCCc2c[nH]c3ccccc23)cc(Br)c1Br. The molecule has 1 amide bonds. The molecule has 6 heteroatoms. The second kappa shape index (κ2) is 6.30. The average molecular weight is 425 g/mol. The average Bonchev–Trinajstić information content (AvgIpc) is 3.04. The summed E-state index contributed by atoms with van der Waals surface area (Å²) in [5.41, 5.74) is 2.96. The fourth-order valence-corrected chi connectivity index (χ4v) is 3.29. The van der Waals surface area contributed by atoms with E-state index >= 15 is 0 Å². The molecule has 0 spiro atoms. The number of nitrogens with zero attached hydrogens (tertiary/aromatic N) is 1. The maximum atomic E-state index is 12.2. The first-order valence-electron chi connectivity index (χ1n) is 6.92. The van der Waals surface area contributed by atoms with Gasteiger partial charge in [0, 0.05) is 30.7 Å². The largest absolute Gasteiger partial charge is 0.361 e. The Kier molecular flexibility index (Phi) is 4.40. The lowest BCUT2D eigenvalue weighted by Crippen LogP contribution is -2.27. The maximum Gasteiger partial charge on any atom is 0.267 e. The number of H-pyrrole nitrogens is 1. The van der Waals surface area contributed by atoms with Crippen molar-refractivity contribution in [2.75, 3.05) is 6.54 Å². The molecule has 2 N–H and O–H groups in total. The Labute approximate surface area is 145 Å². The molecule has 0 unspecified atom stereocenters. The first kappa shape index (κ1) is 15.4. The van der Waals surface area contributed by atoms with Crippen LogP contribution in [0.5, 0.6) is 0 Å². The number of nitrogens with one attached hydrogen (secondary N) is 2. The second-order valence-electron chi connectivity index (χ2n) is 5.09. The van der Waals surface area contributed by atoms with E-state index in [1.54, 1.807) is 0 Å². The Bertz CT molecular complexity index is 835. The molecule has 1 aromatic carbocycles. The van der Waals surface area contributed by atoms with Gasteiger partial charge in [-0.15, -0.1) is 0 Å². The van der Waals surface area contributed by atoms with Crippen molar-refractivity contribution in [1.82, 2.24) is 14.9 Å². The van der Waals surface area contributed by atoms with Crippen LogP contribution in [0.2, 0.25) is 0 Å². The molecule has 2 heterocycles. The molecule has 0 fully saturated rings. The number of fused-ring (bicyclic) bond motifs is 1. The van der Waals surface area contributed by atoms with E-state index in [0.717, 1.165) is 21.0 Å². The van der Waals surface area contributed by atoms with Crippen molar-refractivity contribution in [3.05, 3.63) is 56.9 Å². The summed E-state index contributed by atoms with van der Waals surface area (Å²) in [5, 5.41) is 4.18. The van der Waals surface area contributed by atoms with Gasteiger partial charge in [-0.05, 0) is 56.0 Å². The van der Waals surface area contributed by atoms with Crippen molar-refractivity contribution in [3.63, 3.8) is 0 Å². The highest BCUT2D eigenvalue weighted by molar-refractivity contribution is 9.13. The lowest BCUT2D eigenvalue weighted by molar-refractivity contribution is 0.0946. The summed E-state index contributed by atoms with van der Waals surface area (Å²) in [5.74, 6) is -0.0752. The number of aromatic nitrogens is 2. The molecule has 0 aliphatic carbocycles. The van der Waals surface area contributed by atoms with Gasteiger partial charge in [0.25, 0.3) is 5.91 Å². The third kappa shape index (κ3) is 2.85. The first-order chi connectivity index (χ1) is 10.6. The number of amides is 1. The molecule has 0 bridgehead atoms. The van der Waals surface area contributed by atoms with E-state index in [-0.39, 0.29) is 5.91 Å². The molecule has 0 aliphatic heterocycles. The van der Waals surface area contributed by atoms with E-state index in [2.05, 4.69) is 54.3 Å². The number of carbonyl (C=O) groups excluding carboxylic acids is 1. The zero-order valence-corrected chi connectivity index (χ0v) is 15.2. The van der Waals surface area contributed by atoms with Crippen LogP contribution in [-0.4, -0.2) is 22.0 Å². The van der Waals surface area contributed by atoms with Gasteiger partial charge in [-0.2, -0.15) is 0 Å². The number of para-hydroxylation sites is 1. The van der Waals surface area contributed by atoms with E-state index in [0.29, 0.717) is 12.2 Å². The zero-order valence-electron chi connectivity index (χ0n) is 12.0. The molecule has 0 aliphatic rings. The smallest absolute Gasteiger partial charge is 0.267 e. The Morgan fingerprint density at radius 2 is 2.09 bits per heavy atom. The van der Waals surface area contributed by atoms with Gasteiger partial charge in [0.2, 0.25) is 0 Å². The molecule has 0 saturated heterocycles. The number of rotatable bonds is 4. The van der Waals surface area contributed by atoms with E-state index < -0.39 is 0 Å².